The molecular weight excluding hydrogens is 322 g/mol. The fraction of sp³-hybridized carbons (Fsp3) is 0.375. The van der Waals surface area contributed by atoms with Crippen LogP contribution in [0.25, 0.3) is 6.08 Å². The molecule has 6 nitrogen and oxygen atoms in total. The molecule has 2 N–H and O–H groups in total. The zero-order valence-corrected chi connectivity index (χ0v) is 14.1. The standard InChI is InChI=1S/C16H20ClNO5/c1-4-5-6-23-15-12(17)7-11(9-14(15)22-3)8-13(16(20)21)18-10(2)19/h7-9H,4-6H2,1-3H3,(H,18,19)(H,20,21)/b13-8+. The summed E-state index contributed by atoms with van der Waals surface area (Å²) in [6.45, 7) is 3.79. The summed E-state index contributed by atoms with van der Waals surface area (Å²) in [5.41, 5.74) is 0.219. The largest absolute Gasteiger partial charge is 0.493 e. The first-order chi connectivity index (χ1) is 10.9. The molecule has 0 aliphatic heterocycles. The van der Waals surface area contributed by atoms with E-state index in [-0.39, 0.29) is 5.70 Å². The van der Waals surface area contributed by atoms with Crippen molar-refractivity contribution in [1.29, 1.82) is 0 Å². The maximum absolute atomic E-state index is 11.1. The molecule has 1 aromatic carbocycles. The second-order valence-electron chi connectivity index (χ2n) is 4.78. The first-order valence-electron chi connectivity index (χ1n) is 7.12. The minimum Gasteiger partial charge on any atom is -0.493 e. The highest BCUT2D eigenvalue weighted by Crippen LogP contribution is 2.37. The van der Waals surface area contributed by atoms with Gasteiger partial charge in [-0.3, -0.25) is 4.79 Å². The summed E-state index contributed by atoms with van der Waals surface area (Å²) >= 11 is 6.19. The molecule has 1 amide bonds. The predicted octanol–water partition coefficient (Wildman–Crippen LogP) is 3.09. The Labute approximate surface area is 140 Å². The van der Waals surface area contributed by atoms with Crippen LogP contribution in [-0.4, -0.2) is 30.7 Å². The molecule has 0 bridgehead atoms. The smallest absolute Gasteiger partial charge is 0.352 e. The number of rotatable bonds is 8. The zero-order valence-electron chi connectivity index (χ0n) is 13.3. The van der Waals surface area contributed by atoms with Crippen molar-refractivity contribution < 1.29 is 24.2 Å². The normalized spacial score (nSPS) is 11.0. The Morgan fingerprint density at radius 1 is 1.39 bits per heavy atom. The van der Waals surface area contributed by atoms with Crippen molar-refractivity contribution in [3.05, 3.63) is 28.4 Å². The number of unbranched alkanes of at least 4 members (excludes halogenated alkanes) is 1. The Morgan fingerprint density at radius 2 is 2.09 bits per heavy atom. The Hall–Kier alpha value is -2.21. The third kappa shape index (κ3) is 5.83. The Balaban J connectivity index is 3.16. The van der Waals surface area contributed by atoms with Crippen LogP contribution in [0, 0.1) is 0 Å². The molecular formula is C16H20ClNO5. The number of carbonyl (C=O) groups is 2. The number of carboxylic acid groups (broad SMARTS) is 1. The van der Waals surface area contributed by atoms with Gasteiger partial charge in [-0.2, -0.15) is 0 Å². The third-order valence-corrected chi connectivity index (χ3v) is 3.13. The Morgan fingerprint density at radius 3 is 2.61 bits per heavy atom. The van der Waals surface area contributed by atoms with Crippen LogP contribution in [-0.2, 0) is 9.59 Å². The van der Waals surface area contributed by atoms with Crippen molar-refractivity contribution in [1.82, 2.24) is 5.32 Å². The lowest BCUT2D eigenvalue weighted by Gasteiger charge is -2.13. The molecule has 0 unspecified atom stereocenters. The van der Waals surface area contributed by atoms with Crippen LogP contribution in [0.4, 0.5) is 0 Å². The average molecular weight is 342 g/mol. The van der Waals surface area contributed by atoms with Gasteiger partial charge in [-0.15, -0.1) is 0 Å². The summed E-state index contributed by atoms with van der Waals surface area (Å²) in [6.07, 6.45) is 3.17. The topological polar surface area (TPSA) is 84.9 Å². The number of carboxylic acids is 1. The van der Waals surface area contributed by atoms with Crippen LogP contribution in [0.3, 0.4) is 0 Å². The van der Waals surface area contributed by atoms with Gasteiger partial charge in [0, 0.05) is 6.92 Å². The van der Waals surface area contributed by atoms with E-state index in [4.69, 9.17) is 26.2 Å². The van der Waals surface area contributed by atoms with Crippen molar-refractivity contribution in [3.8, 4) is 11.5 Å². The SMILES string of the molecule is CCCCOc1c(Cl)cc(/C=C(/NC(C)=O)C(=O)O)cc1OC. The quantitative estimate of drug-likeness (QED) is 0.560. The van der Waals surface area contributed by atoms with Crippen LogP contribution in [0.2, 0.25) is 5.02 Å². The van der Waals surface area contributed by atoms with Gasteiger partial charge in [-0.25, -0.2) is 4.79 Å². The van der Waals surface area contributed by atoms with Crippen molar-refractivity contribution in [2.45, 2.75) is 26.7 Å². The first-order valence-corrected chi connectivity index (χ1v) is 7.49. The molecule has 0 saturated carbocycles. The molecule has 0 aromatic heterocycles. The monoisotopic (exact) mass is 341 g/mol. The van der Waals surface area contributed by atoms with Gasteiger partial charge >= 0.3 is 5.97 Å². The molecule has 0 aliphatic rings. The highest BCUT2D eigenvalue weighted by atomic mass is 35.5. The number of benzene rings is 1. The van der Waals surface area contributed by atoms with E-state index in [2.05, 4.69) is 5.32 Å². The van der Waals surface area contributed by atoms with E-state index in [1.54, 1.807) is 12.1 Å². The number of methoxy groups -OCH3 is 1. The lowest BCUT2D eigenvalue weighted by atomic mass is 10.1. The number of ether oxygens (including phenoxy) is 2. The number of hydrogen-bond donors (Lipinski definition) is 2. The van der Waals surface area contributed by atoms with Crippen molar-refractivity contribution in [2.75, 3.05) is 13.7 Å². The predicted molar refractivity (Wildman–Crippen MR) is 87.8 cm³/mol. The van der Waals surface area contributed by atoms with Crippen LogP contribution < -0.4 is 14.8 Å². The minimum atomic E-state index is -1.25. The summed E-state index contributed by atoms with van der Waals surface area (Å²) in [6, 6.07) is 3.15. The summed E-state index contributed by atoms with van der Waals surface area (Å²) in [7, 11) is 1.47. The molecule has 126 valence electrons. The van der Waals surface area contributed by atoms with E-state index in [9.17, 15) is 9.59 Å². The lowest BCUT2D eigenvalue weighted by molar-refractivity contribution is -0.134. The molecule has 0 saturated heterocycles. The molecule has 7 heteroatoms. The number of aliphatic carboxylic acids is 1. The minimum absolute atomic E-state index is 0.254. The number of nitrogens with one attached hydrogen (secondary N) is 1. The van der Waals surface area contributed by atoms with Gasteiger partial charge in [-0.05, 0) is 30.2 Å². The van der Waals surface area contributed by atoms with E-state index >= 15 is 0 Å². The molecule has 23 heavy (non-hydrogen) atoms. The van der Waals surface area contributed by atoms with Crippen molar-refractivity contribution >= 4 is 29.6 Å². The zero-order chi connectivity index (χ0) is 17.4. The maximum atomic E-state index is 11.1. The average Bonchev–Trinajstić information content (AvgIpc) is 2.47. The molecule has 0 spiro atoms. The van der Waals surface area contributed by atoms with Gasteiger partial charge in [0.05, 0.1) is 18.7 Å². The highest BCUT2D eigenvalue weighted by Gasteiger charge is 2.14. The third-order valence-electron chi connectivity index (χ3n) is 2.85. The van der Waals surface area contributed by atoms with Gasteiger partial charge < -0.3 is 19.9 Å². The lowest BCUT2D eigenvalue weighted by Crippen LogP contribution is -2.24. The second kappa shape index (κ2) is 9.05. The van der Waals surface area contributed by atoms with E-state index in [0.717, 1.165) is 12.8 Å². The number of amides is 1. The van der Waals surface area contributed by atoms with Crippen LogP contribution >= 0.6 is 11.6 Å². The molecule has 1 rings (SSSR count). The summed E-state index contributed by atoms with van der Waals surface area (Å²) in [4.78, 5) is 22.2. The van der Waals surface area contributed by atoms with Gasteiger partial charge in [-0.1, -0.05) is 24.9 Å². The summed E-state index contributed by atoms with van der Waals surface area (Å²) in [5, 5.41) is 11.7. The van der Waals surface area contributed by atoms with Gasteiger partial charge in [0.2, 0.25) is 5.91 Å². The van der Waals surface area contributed by atoms with Crippen LogP contribution in [0.5, 0.6) is 11.5 Å². The van der Waals surface area contributed by atoms with E-state index in [1.165, 1.54) is 20.1 Å². The highest BCUT2D eigenvalue weighted by molar-refractivity contribution is 6.32. The molecule has 0 atom stereocenters. The number of carbonyl (C=O) groups excluding carboxylic acids is 1. The van der Waals surface area contributed by atoms with Crippen LogP contribution in [0.1, 0.15) is 32.3 Å². The van der Waals surface area contributed by atoms with Gasteiger partial charge in [0.1, 0.15) is 5.70 Å². The van der Waals surface area contributed by atoms with Crippen molar-refractivity contribution in [3.63, 3.8) is 0 Å². The van der Waals surface area contributed by atoms with E-state index in [0.29, 0.717) is 28.7 Å². The molecule has 0 radical (unpaired) electrons. The summed E-state index contributed by atoms with van der Waals surface area (Å²) in [5.74, 6) is -0.918. The first kappa shape index (κ1) is 18.8. The number of halogens is 1. The fourth-order valence-corrected chi connectivity index (χ4v) is 2.06. The van der Waals surface area contributed by atoms with Gasteiger partial charge in [0.25, 0.3) is 0 Å². The molecule has 1 aromatic rings. The maximum Gasteiger partial charge on any atom is 0.352 e. The Bertz CT molecular complexity index is 613. The Kier molecular flexibility index (Phi) is 7.41. The van der Waals surface area contributed by atoms with E-state index < -0.39 is 11.9 Å². The number of hydrogen-bond acceptors (Lipinski definition) is 4. The second-order valence-corrected chi connectivity index (χ2v) is 5.19. The molecule has 0 aliphatic carbocycles. The molecule has 0 fully saturated rings. The van der Waals surface area contributed by atoms with Crippen molar-refractivity contribution in [2.24, 2.45) is 0 Å². The van der Waals surface area contributed by atoms with E-state index in [1.807, 2.05) is 6.92 Å². The van der Waals surface area contributed by atoms with Crippen LogP contribution in [0.15, 0.2) is 17.8 Å². The fourth-order valence-electron chi connectivity index (χ4n) is 1.79. The van der Waals surface area contributed by atoms with Gasteiger partial charge in [0.15, 0.2) is 11.5 Å². The summed E-state index contributed by atoms with van der Waals surface area (Å²) < 4.78 is 10.9. The molecule has 0 heterocycles.